The van der Waals surface area contributed by atoms with Gasteiger partial charge in [-0.2, -0.15) is 0 Å². The minimum absolute atomic E-state index is 0.226. The molecule has 0 aliphatic rings. The Hall–Kier alpha value is -2.80. The molecule has 0 aliphatic heterocycles. The molecule has 0 atom stereocenters. The van der Waals surface area contributed by atoms with Gasteiger partial charge >= 0.3 is 0 Å². The quantitative estimate of drug-likeness (QED) is 0.474. The highest BCUT2D eigenvalue weighted by Crippen LogP contribution is 2.29. The third kappa shape index (κ3) is 6.13. The molecule has 0 saturated heterocycles. The van der Waals surface area contributed by atoms with Crippen LogP contribution < -0.4 is 20.3 Å². The summed E-state index contributed by atoms with van der Waals surface area (Å²) < 4.78 is 12.0. The molecule has 7 heteroatoms. The van der Waals surface area contributed by atoms with Gasteiger partial charge in [-0.05, 0) is 41.8 Å². The number of carbonyl (C=O) groups is 2. The van der Waals surface area contributed by atoms with Crippen molar-refractivity contribution in [2.24, 2.45) is 0 Å². The van der Waals surface area contributed by atoms with E-state index in [0.717, 1.165) is 10.0 Å². The van der Waals surface area contributed by atoms with Gasteiger partial charge in [-0.3, -0.25) is 20.4 Å². The van der Waals surface area contributed by atoms with Crippen LogP contribution in [0, 0.1) is 0 Å². The molecule has 6 nitrogen and oxygen atoms in total. The van der Waals surface area contributed by atoms with Crippen molar-refractivity contribution in [1.29, 1.82) is 0 Å². The largest absolute Gasteiger partial charge is 0.489 e. The molecule has 2 aromatic carbocycles. The van der Waals surface area contributed by atoms with Crippen molar-refractivity contribution in [1.82, 2.24) is 10.9 Å². The monoisotopic (exact) mass is 446 g/mol. The van der Waals surface area contributed by atoms with Gasteiger partial charge < -0.3 is 9.47 Å². The summed E-state index contributed by atoms with van der Waals surface area (Å²) in [7, 11) is 0. The van der Waals surface area contributed by atoms with Gasteiger partial charge in [0, 0.05) is 4.47 Å². The SMILES string of the molecule is C=CCOc1ccccc1C(=O)NNC(=O)COc1ccc(Br)cc1C(C)C. The molecule has 0 unspecified atom stereocenters. The lowest BCUT2D eigenvalue weighted by Gasteiger charge is -2.15. The molecule has 2 N–H and O–H groups in total. The van der Waals surface area contributed by atoms with Gasteiger partial charge in [0.1, 0.15) is 18.1 Å². The van der Waals surface area contributed by atoms with Gasteiger partial charge in [0.05, 0.1) is 5.56 Å². The van der Waals surface area contributed by atoms with Crippen LogP contribution in [0.1, 0.15) is 35.7 Å². The number of amides is 2. The van der Waals surface area contributed by atoms with E-state index in [9.17, 15) is 9.59 Å². The third-order valence-corrected chi connectivity index (χ3v) is 4.25. The molecule has 0 fully saturated rings. The molecule has 0 heterocycles. The van der Waals surface area contributed by atoms with Crippen molar-refractivity contribution >= 4 is 27.7 Å². The predicted molar refractivity (Wildman–Crippen MR) is 111 cm³/mol. The Bertz CT molecular complexity index is 852. The molecule has 2 rings (SSSR count). The zero-order valence-corrected chi connectivity index (χ0v) is 17.4. The molecule has 28 heavy (non-hydrogen) atoms. The second-order valence-corrected chi connectivity index (χ2v) is 7.14. The maximum atomic E-state index is 12.3. The van der Waals surface area contributed by atoms with Crippen molar-refractivity contribution in [3.8, 4) is 11.5 Å². The zero-order valence-electron chi connectivity index (χ0n) is 15.8. The maximum absolute atomic E-state index is 12.3. The van der Waals surface area contributed by atoms with Crippen LogP contribution in [0.15, 0.2) is 59.6 Å². The molecule has 148 valence electrons. The van der Waals surface area contributed by atoms with Crippen LogP contribution in [-0.2, 0) is 4.79 Å². The van der Waals surface area contributed by atoms with Gasteiger partial charge in [-0.1, -0.05) is 54.6 Å². The van der Waals surface area contributed by atoms with E-state index in [-0.39, 0.29) is 19.1 Å². The lowest BCUT2D eigenvalue weighted by Crippen LogP contribution is -2.44. The van der Waals surface area contributed by atoms with E-state index in [2.05, 4.69) is 33.4 Å². The van der Waals surface area contributed by atoms with E-state index in [4.69, 9.17) is 9.47 Å². The number of para-hydroxylation sites is 1. The fourth-order valence-electron chi connectivity index (χ4n) is 2.40. The summed E-state index contributed by atoms with van der Waals surface area (Å²) in [5.74, 6) is 0.307. The molecule has 0 aromatic heterocycles. The molecule has 2 aromatic rings. The van der Waals surface area contributed by atoms with Crippen LogP contribution in [0.25, 0.3) is 0 Å². The van der Waals surface area contributed by atoms with Crippen LogP contribution in [0.3, 0.4) is 0 Å². The first-order valence-electron chi connectivity index (χ1n) is 8.76. The summed E-state index contributed by atoms with van der Waals surface area (Å²) in [4.78, 5) is 24.4. The minimum atomic E-state index is -0.487. The van der Waals surface area contributed by atoms with Gasteiger partial charge in [0.2, 0.25) is 0 Å². The fraction of sp³-hybridized carbons (Fsp3) is 0.238. The molecule has 0 spiro atoms. The summed E-state index contributed by atoms with van der Waals surface area (Å²) in [6.07, 6.45) is 1.58. The second kappa shape index (κ2) is 10.5. The van der Waals surface area contributed by atoms with Crippen LogP contribution in [-0.4, -0.2) is 25.0 Å². The van der Waals surface area contributed by atoms with E-state index in [1.807, 2.05) is 26.0 Å². The number of carbonyl (C=O) groups excluding carboxylic acids is 2. The Morgan fingerprint density at radius 3 is 2.57 bits per heavy atom. The molecule has 0 aliphatic carbocycles. The zero-order chi connectivity index (χ0) is 20.5. The molecule has 0 saturated carbocycles. The van der Waals surface area contributed by atoms with E-state index < -0.39 is 11.8 Å². The van der Waals surface area contributed by atoms with E-state index in [1.54, 1.807) is 36.4 Å². The molecule has 2 amide bonds. The first kappa shape index (κ1) is 21.5. The lowest BCUT2D eigenvalue weighted by atomic mass is 10.0. The highest BCUT2D eigenvalue weighted by molar-refractivity contribution is 9.10. The molecular formula is C21H23BrN2O4. The lowest BCUT2D eigenvalue weighted by molar-refractivity contribution is -0.123. The number of ether oxygens (including phenoxy) is 2. The van der Waals surface area contributed by atoms with Crippen LogP contribution in [0.5, 0.6) is 11.5 Å². The summed E-state index contributed by atoms with van der Waals surface area (Å²) in [5, 5.41) is 0. The third-order valence-electron chi connectivity index (χ3n) is 3.76. The van der Waals surface area contributed by atoms with E-state index in [1.165, 1.54) is 0 Å². The van der Waals surface area contributed by atoms with Crippen LogP contribution in [0.2, 0.25) is 0 Å². The second-order valence-electron chi connectivity index (χ2n) is 6.22. The summed E-state index contributed by atoms with van der Waals surface area (Å²) in [5.41, 5.74) is 6.00. The van der Waals surface area contributed by atoms with Crippen molar-refractivity contribution in [3.05, 3.63) is 70.7 Å². The van der Waals surface area contributed by atoms with E-state index in [0.29, 0.717) is 17.1 Å². The number of nitrogens with one attached hydrogen (secondary N) is 2. The average Bonchev–Trinajstić information content (AvgIpc) is 2.69. The number of hydrogen-bond donors (Lipinski definition) is 2. The Morgan fingerprint density at radius 2 is 1.86 bits per heavy atom. The Balaban J connectivity index is 1.91. The fourth-order valence-corrected chi connectivity index (χ4v) is 2.78. The summed E-state index contributed by atoms with van der Waals surface area (Å²) in [6, 6.07) is 12.4. The Morgan fingerprint density at radius 1 is 1.11 bits per heavy atom. The number of halogens is 1. The Labute approximate surface area is 173 Å². The normalized spacial score (nSPS) is 10.3. The molecule has 0 radical (unpaired) electrons. The van der Waals surface area contributed by atoms with Crippen molar-refractivity contribution in [2.75, 3.05) is 13.2 Å². The van der Waals surface area contributed by atoms with Crippen molar-refractivity contribution in [3.63, 3.8) is 0 Å². The molecular weight excluding hydrogens is 424 g/mol. The van der Waals surface area contributed by atoms with E-state index >= 15 is 0 Å². The first-order chi connectivity index (χ1) is 13.4. The minimum Gasteiger partial charge on any atom is -0.489 e. The topological polar surface area (TPSA) is 76.7 Å². The number of rotatable bonds is 8. The number of hydrogen-bond acceptors (Lipinski definition) is 4. The van der Waals surface area contributed by atoms with Gasteiger partial charge in [0.15, 0.2) is 6.61 Å². The van der Waals surface area contributed by atoms with Gasteiger partial charge in [-0.15, -0.1) is 0 Å². The first-order valence-corrected chi connectivity index (χ1v) is 9.55. The Kier molecular flexibility index (Phi) is 8.07. The smallest absolute Gasteiger partial charge is 0.276 e. The highest BCUT2D eigenvalue weighted by Gasteiger charge is 2.14. The van der Waals surface area contributed by atoms with Crippen molar-refractivity contribution in [2.45, 2.75) is 19.8 Å². The predicted octanol–water partition coefficient (Wildman–Crippen LogP) is 3.98. The van der Waals surface area contributed by atoms with Crippen LogP contribution in [0.4, 0.5) is 0 Å². The maximum Gasteiger partial charge on any atom is 0.276 e. The summed E-state index contributed by atoms with van der Waals surface area (Å²) in [6.45, 7) is 7.71. The van der Waals surface area contributed by atoms with Gasteiger partial charge in [0.25, 0.3) is 11.8 Å². The summed E-state index contributed by atoms with van der Waals surface area (Å²) >= 11 is 3.43. The number of benzene rings is 2. The van der Waals surface area contributed by atoms with Crippen molar-refractivity contribution < 1.29 is 19.1 Å². The standard InChI is InChI=1S/C21H23BrN2O4/c1-4-11-27-18-8-6-5-7-16(18)21(26)24-23-20(25)13-28-19-10-9-15(22)12-17(19)14(2)3/h4-10,12,14H,1,11,13H2,2-3H3,(H,23,25)(H,24,26). The van der Waals surface area contributed by atoms with Gasteiger partial charge in [-0.25, -0.2) is 0 Å². The van der Waals surface area contributed by atoms with Crippen LogP contribution >= 0.6 is 15.9 Å². The number of hydrazine groups is 1. The average molecular weight is 447 g/mol. The molecule has 0 bridgehead atoms. The highest BCUT2D eigenvalue weighted by atomic mass is 79.9.